The van der Waals surface area contributed by atoms with Crippen LogP contribution < -0.4 is 5.32 Å². The van der Waals surface area contributed by atoms with Crippen LogP contribution in [0.4, 0.5) is 0 Å². The summed E-state index contributed by atoms with van der Waals surface area (Å²) in [4.78, 5) is 14.3. The zero-order chi connectivity index (χ0) is 16.9. The Kier molecular flexibility index (Phi) is 6.15. The number of carbonyl (C=O) groups is 1. The molecule has 23 heavy (non-hydrogen) atoms. The van der Waals surface area contributed by atoms with Crippen LogP contribution in [0.5, 0.6) is 0 Å². The second kappa shape index (κ2) is 7.90. The van der Waals surface area contributed by atoms with E-state index < -0.39 is 21.0 Å². The van der Waals surface area contributed by atoms with E-state index in [1.165, 1.54) is 6.92 Å². The quantitative estimate of drug-likeness (QED) is 0.821. The van der Waals surface area contributed by atoms with Crippen LogP contribution in [0.2, 0.25) is 0 Å². The number of amides is 1. The van der Waals surface area contributed by atoms with Crippen molar-refractivity contribution < 1.29 is 17.9 Å². The van der Waals surface area contributed by atoms with E-state index in [4.69, 9.17) is 4.74 Å². The molecule has 1 fully saturated rings. The molecular formula is C16H24N2O4S. The van der Waals surface area contributed by atoms with Gasteiger partial charge < -0.3 is 10.1 Å². The molecule has 6 nitrogen and oxygen atoms in total. The Morgan fingerprint density at radius 3 is 2.43 bits per heavy atom. The summed E-state index contributed by atoms with van der Waals surface area (Å²) < 4.78 is 28.4. The lowest BCUT2D eigenvalue weighted by Crippen LogP contribution is -2.46. The van der Waals surface area contributed by atoms with Crippen LogP contribution in [0.3, 0.4) is 0 Å². The molecule has 2 atom stereocenters. The highest BCUT2D eigenvalue weighted by atomic mass is 32.2. The topological polar surface area (TPSA) is 75.7 Å². The van der Waals surface area contributed by atoms with Gasteiger partial charge in [0.1, 0.15) is 5.25 Å². The van der Waals surface area contributed by atoms with Crippen molar-refractivity contribution in [2.45, 2.75) is 18.2 Å². The van der Waals surface area contributed by atoms with E-state index in [0.717, 1.165) is 24.9 Å². The molecule has 1 saturated heterocycles. The van der Waals surface area contributed by atoms with Crippen molar-refractivity contribution in [2.75, 3.05) is 39.1 Å². The summed E-state index contributed by atoms with van der Waals surface area (Å²) >= 11 is 0. The van der Waals surface area contributed by atoms with E-state index in [0.29, 0.717) is 19.8 Å². The summed E-state index contributed by atoms with van der Waals surface area (Å²) in [6.45, 7) is 4.70. The third-order valence-electron chi connectivity index (χ3n) is 4.15. The fourth-order valence-electron chi connectivity index (χ4n) is 2.56. The van der Waals surface area contributed by atoms with Crippen LogP contribution in [0.1, 0.15) is 18.5 Å². The van der Waals surface area contributed by atoms with E-state index in [-0.39, 0.29) is 6.04 Å². The minimum atomic E-state index is -3.39. The number of nitrogens with zero attached hydrogens (tertiary/aromatic N) is 1. The van der Waals surface area contributed by atoms with Gasteiger partial charge in [0, 0.05) is 25.9 Å². The first-order valence-corrected chi connectivity index (χ1v) is 9.68. The first-order valence-electron chi connectivity index (χ1n) is 7.73. The van der Waals surface area contributed by atoms with Crippen molar-refractivity contribution in [3.63, 3.8) is 0 Å². The third-order valence-corrected chi connectivity index (χ3v) is 5.65. The predicted octanol–water partition coefficient (Wildman–Crippen LogP) is 0.609. The molecule has 0 radical (unpaired) electrons. The average molecular weight is 340 g/mol. The standard InChI is InChI=1S/C16H24N2O4S/c1-13(23(2,20)21)16(19)17-12-15(14-6-4-3-5-7-14)18-8-10-22-11-9-18/h3-7,13,15H,8-12H2,1-2H3,(H,17,19). The van der Waals surface area contributed by atoms with Crippen LogP contribution in [0, 0.1) is 0 Å². The SMILES string of the molecule is CC(C(=O)NCC(c1ccccc1)N1CCOCC1)S(C)(=O)=O. The summed E-state index contributed by atoms with van der Waals surface area (Å²) in [7, 11) is -3.39. The van der Waals surface area contributed by atoms with Crippen molar-refractivity contribution in [3.8, 4) is 0 Å². The Labute approximate surface area is 137 Å². The highest BCUT2D eigenvalue weighted by molar-refractivity contribution is 7.92. The Bertz CT molecular complexity index is 612. The Morgan fingerprint density at radius 1 is 1.26 bits per heavy atom. The second-order valence-corrected chi connectivity index (χ2v) is 8.16. The van der Waals surface area contributed by atoms with Gasteiger partial charge >= 0.3 is 0 Å². The molecule has 1 aliphatic heterocycles. The van der Waals surface area contributed by atoms with Crippen LogP contribution in [-0.2, 0) is 19.4 Å². The molecule has 2 unspecified atom stereocenters. The maximum atomic E-state index is 12.1. The lowest BCUT2D eigenvalue weighted by atomic mass is 10.0. The van der Waals surface area contributed by atoms with Gasteiger partial charge in [-0.25, -0.2) is 8.42 Å². The van der Waals surface area contributed by atoms with Gasteiger partial charge in [0.15, 0.2) is 9.84 Å². The van der Waals surface area contributed by atoms with E-state index >= 15 is 0 Å². The first-order chi connectivity index (χ1) is 10.9. The molecule has 1 aromatic carbocycles. The largest absolute Gasteiger partial charge is 0.379 e. The number of morpholine rings is 1. The van der Waals surface area contributed by atoms with Gasteiger partial charge in [-0.1, -0.05) is 30.3 Å². The number of nitrogens with one attached hydrogen (secondary N) is 1. The number of carbonyl (C=O) groups excluding carboxylic acids is 1. The molecule has 1 amide bonds. The van der Waals surface area contributed by atoms with Crippen LogP contribution in [-0.4, -0.2) is 63.6 Å². The van der Waals surface area contributed by atoms with Gasteiger partial charge in [-0.3, -0.25) is 9.69 Å². The van der Waals surface area contributed by atoms with Gasteiger partial charge in [-0.15, -0.1) is 0 Å². The number of sulfone groups is 1. The average Bonchev–Trinajstić information content (AvgIpc) is 2.55. The van der Waals surface area contributed by atoms with Crippen molar-refractivity contribution >= 4 is 15.7 Å². The summed E-state index contributed by atoms with van der Waals surface area (Å²) in [5.41, 5.74) is 1.10. The Morgan fingerprint density at radius 2 is 1.87 bits per heavy atom. The van der Waals surface area contributed by atoms with Crippen molar-refractivity contribution in [1.82, 2.24) is 10.2 Å². The summed E-state index contributed by atoms with van der Waals surface area (Å²) in [6, 6.07) is 9.92. The molecular weight excluding hydrogens is 316 g/mol. The minimum Gasteiger partial charge on any atom is -0.379 e. The molecule has 0 aliphatic carbocycles. The summed E-state index contributed by atoms with van der Waals surface area (Å²) in [6.07, 6.45) is 1.08. The van der Waals surface area contributed by atoms with Gasteiger partial charge in [0.05, 0.1) is 19.3 Å². The van der Waals surface area contributed by atoms with Crippen molar-refractivity contribution in [1.29, 1.82) is 0 Å². The van der Waals surface area contributed by atoms with E-state index in [1.807, 2.05) is 30.3 Å². The van der Waals surface area contributed by atoms with Gasteiger partial charge in [-0.2, -0.15) is 0 Å². The molecule has 0 aromatic heterocycles. The fourth-order valence-corrected chi connectivity index (χ4v) is 3.03. The number of ether oxygens (including phenoxy) is 1. The lowest BCUT2D eigenvalue weighted by molar-refractivity contribution is -0.120. The smallest absolute Gasteiger partial charge is 0.238 e. The molecule has 7 heteroatoms. The Hall–Kier alpha value is -1.44. The highest BCUT2D eigenvalue weighted by Gasteiger charge is 2.27. The minimum absolute atomic E-state index is 0.0100. The number of hydrogen-bond donors (Lipinski definition) is 1. The van der Waals surface area contributed by atoms with E-state index in [9.17, 15) is 13.2 Å². The lowest BCUT2D eigenvalue weighted by Gasteiger charge is -2.35. The van der Waals surface area contributed by atoms with Gasteiger partial charge in [-0.05, 0) is 12.5 Å². The maximum absolute atomic E-state index is 12.1. The van der Waals surface area contributed by atoms with Gasteiger partial charge in [0.25, 0.3) is 0 Å². The predicted molar refractivity (Wildman–Crippen MR) is 88.9 cm³/mol. The third kappa shape index (κ3) is 5.02. The van der Waals surface area contributed by atoms with Crippen LogP contribution in [0.25, 0.3) is 0 Å². The zero-order valence-corrected chi connectivity index (χ0v) is 14.4. The summed E-state index contributed by atoms with van der Waals surface area (Å²) in [5, 5.41) is 1.75. The van der Waals surface area contributed by atoms with E-state index in [2.05, 4.69) is 10.2 Å². The van der Waals surface area contributed by atoms with E-state index in [1.54, 1.807) is 0 Å². The normalized spacial score (nSPS) is 19.0. The van der Waals surface area contributed by atoms with Crippen molar-refractivity contribution in [3.05, 3.63) is 35.9 Å². The molecule has 2 rings (SSSR count). The highest BCUT2D eigenvalue weighted by Crippen LogP contribution is 2.21. The number of hydrogen-bond acceptors (Lipinski definition) is 5. The zero-order valence-electron chi connectivity index (χ0n) is 13.6. The number of benzene rings is 1. The molecule has 1 heterocycles. The maximum Gasteiger partial charge on any atom is 0.238 e. The van der Waals surface area contributed by atoms with Crippen molar-refractivity contribution in [2.24, 2.45) is 0 Å². The molecule has 0 saturated carbocycles. The monoisotopic (exact) mass is 340 g/mol. The molecule has 128 valence electrons. The fraction of sp³-hybridized carbons (Fsp3) is 0.562. The molecule has 0 spiro atoms. The molecule has 1 N–H and O–H groups in total. The van der Waals surface area contributed by atoms with Crippen LogP contribution in [0.15, 0.2) is 30.3 Å². The van der Waals surface area contributed by atoms with Crippen LogP contribution >= 0.6 is 0 Å². The molecule has 1 aromatic rings. The first kappa shape index (κ1) is 17.9. The van der Waals surface area contributed by atoms with Gasteiger partial charge in [0.2, 0.25) is 5.91 Å². The Balaban J connectivity index is 2.07. The molecule has 0 bridgehead atoms. The molecule has 1 aliphatic rings. The summed E-state index contributed by atoms with van der Waals surface area (Å²) in [5.74, 6) is -0.457. The second-order valence-electron chi connectivity index (χ2n) is 5.79. The number of rotatable bonds is 6.